The Labute approximate surface area is 184 Å². The number of likely N-dealkylation sites (tertiary alicyclic amines) is 1. The summed E-state index contributed by atoms with van der Waals surface area (Å²) in [5.41, 5.74) is 0.865. The van der Waals surface area contributed by atoms with E-state index in [-0.39, 0.29) is 0 Å². The molecular weight excluding hydrogens is 416 g/mol. The van der Waals surface area contributed by atoms with Gasteiger partial charge in [-0.3, -0.25) is 10.6 Å². The van der Waals surface area contributed by atoms with Gasteiger partial charge in [0.2, 0.25) is 11.8 Å². The first-order chi connectivity index (χ1) is 15.1. The van der Waals surface area contributed by atoms with Crippen LogP contribution in [-0.4, -0.2) is 59.2 Å². The number of pyridine rings is 2. The molecule has 0 aliphatic carbocycles. The zero-order valence-electron chi connectivity index (χ0n) is 17.4. The van der Waals surface area contributed by atoms with Gasteiger partial charge in [0, 0.05) is 35.3 Å². The number of amides is 2. The molecule has 1 fully saturated rings. The maximum Gasteiger partial charge on any atom is 0.326 e. The topological polar surface area (TPSA) is 102 Å². The highest BCUT2D eigenvalue weighted by Crippen LogP contribution is 2.27. The number of thiazole rings is 1. The summed E-state index contributed by atoms with van der Waals surface area (Å²) in [5.74, 6) is 1.85. The van der Waals surface area contributed by atoms with E-state index < -0.39 is 6.03 Å². The van der Waals surface area contributed by atoms with Crippen LogP contribution in [0.2, 0.25) is 0 Å². The van der Waals surface area contributed by atoms with E-state index in [1.165, 1.54) is 17.8 Å². The summed E-state index contributed by atoms with van der Waals surface area (Å²) in [4.78, 5) is 27.6. The van der Waals surface area contributed by atoms with E-state index in [4.69, 9.17) is 9.47 Å². The minimum absolute atomic E-state index is 0.404. The minimum atomic E-state index is -0.427. The Morgan fingerprint density at radius 2 is 2.10 bits per heavy atom. The average molecular weight is 441 g/mol. The Kier molecular flexibility index (Phi) is 6.58. The van der Waals surface area contributed by atoms with Gasteiger partial charge in [-0.25, -0.2) is 14.8 Å². The van der Waals surface area contributed by atoms with Crippen molar-refractivity contribution in [3.63, 3.8) is 0 Å². The van der Waals surface area contributed by atoms with Crippen LogP contribution in [0.4, 0.5) is 16.4 Å². The van der Waals surface area contributed by atoms with Crippen molar-refractivity contribution >= 4 is 29.0 Å². The summed E-state index contributed by atoms with van der Waals surface area (Å²) in [5, 5.41) is 7.97. The Balaban J connectivity index is 1.33. The van der Waals surface area contributed by atoms with Crippen LogP contribution < -0.4 is 20.1 Å². The normalized spacial score (nSPS) is 16.1. The fraction of sp³-hybridized carbons (Fsp3) is 0.333. The molecule has 4 rings (SSSR count). The van der Waals surface area contributed by atoms with Gasteiger partial charge in [-0.1, -0.05) is 6.07 Å². The molecule has 1 saturated heterocycles. The molecule has 1 atom stereocenters. The fourth-order valence-electron chi connectivity index (χ4n) is 3.32. The molecule has 10 heteroatoms. The van der Waals surface area contributed by atoms with E-state index in [1.54, 1.807) is 43.0 Å². The number of rotatable bonds is 7. The number of hydrogen-bond acceptors (Lipinski definition) is 8. The molecule has 1 aliphatic rings. The number of carbonyl (C=O) groups is 1. The maximum atomic E-state index is 12.4. The number of likely N-dealkylation sites (N-methyl/N-ethyl adjacent to an activating group) is 1. The molecule has 0 bridgehead atoms. The molecule has 9 nitrogen and oxygen atoms in total. The lowest BCUT2D eigenvalue weighted by Crippen LogP contribution is -2.30. The highest BCUT2D eigenvalue weighted by atomic mass is 32.1. The Morgan fingerprint density at radius 1 is 1.23 bits per heavy atom. The van der Waals surface area contributed by atoms with Crippen molar-refractivity contribution in [3.05, 3.63) is 41.9 Å². The number of ether oxygens (including phenoxy) is 2. The monoisotopic (exact) mass is 440 g/mol. The van der Waals surface area contributed by atoms with Crippen molar-refractivity contribution in [1.82, 2.24) is 19.9 Å². The molecule has 2 amide bonds. The highest BCUT2D eigenvalue weighted by Gasteiger charge is 2.21. The van der Waals surface area contributed by atoms with Gasteiger partial charge >= 0.3 is 6.03 Å². The van der Waals surface area contributed by atoms with E-state index in [1.807, 2.05) is 6.07 Å². The van der Waals surface area contributed by atoms with Crippen molar-refractivity contribution in [2.45, 2.75) is 18.9 Å². The van der Waals surface area contributed by atoms with Crippen LogP contribution in [0.15, 0.2) is 41.9 Å². The van der Waals surface area contributed by atoms with Crippen molar-refractivity contribution in [2.24, 2.45) is 0 Å². The number of carbonyl (C=O) groups excluding carboxylic acids is 1. The first-order valence-corrected chi connectivity index (χ1v) is 10.8. The first kappa shape index (κ1) is 21.0. The lowest BCUT2D eigenvalue weighted by molar-refractivity contribution is 0.193. The smallest absolute Gasteiger partial charge is 0.326 e. The predicted octanol–water partition coefficient (Wildman–Crippen LogP) is 3.73. The molecule has 0 saturated carbocycles. The summed E-state index contributed by atoms with van der Waals surface area (Å²) < 4.78 is 11.0. The number of methoxy groups -OCH3 is 1. The van der Waals surface area contributed by atoms with Crippen LogP contribution >= 0.6 is 11.3 Å². The second-order valence-corrected chi connectivity index (χ2v) is 8.01. The van der Waals surface area contributed by atoms with E-state index in [0.717, 1.165) is 23.5 Å². The minimum Gasteiger partial charge on any atom is -0.481 e. The SMILES string of the molecule is COc1cc(-c2nc(NC(=O)Nc3cccc(OC[C@@H]4CCCN4C)n3)cs2)ccn1. The molecule has 0 spiro atoms. The lowest BCUT2D eigenvalue weighted by Gasteiger charge is -2.19. The third-order valence-electron chi connectivity index (χ3n) is 5.00. The number of urea groups is 1. The van der Waals surface area contributed by atoms with Gasteiger partial charge in [0.25, 0.3) is 0 Å². The summed E-state index contributed by atoms with van der Waals surface area (Å²) in [6.45, 7) is 1.68. The molecule has 0 radical (unpaired) electrons. The molecule has 31 heavy (non-hydrogen) atoms. The van der Waals surface area contributed by atoms with Crippen molar-refractivity contribution in [2.75, 3.05) is 37.9 Å². The van der Waals surface area contributed by atoms with E-state index >= 15 is 0 Å². The van der Waals surface area contributed by atoms with Crippen LogP contribution in [0.3, 0.4) is 0 Å². The maximum absolute atomic E-state index is 12.4. The van der Waals surface area contributed by atoms with Crippen LogP contribution in [-0.2, 0) is 0 Å². The summed E-state index contributed by atoms with van der Waals surface area (Å²) in [6.07, 6.45) is 3.96. The Morgan fingerprint density at radius 3 is 2.90 bits per heavy atom. The molecule has 1 aliphatic heterocycles. The van der Waals surface area contributed by atoms with Crippen LogP contribution in [0.1, 0.15) is 12.8 Å². The number of hydrogen-bond donors (Lipinski definition) is 2. The predicted molar refractivity (Wildman–Crippen MR) is 120 cm³/mol. The molecular formula is C21H24N6O3S. The van der Waals surface area contributed by atoms with Crippen LogP contribution in [0.5, 0.6) is 11.8 Å². The largest absolute Gasteiger partial charge is 0.481 e. The standard InChI is InChI=1S/C21H24N6O3S/c1-27-10-4-5-15(27)12-30-18-7-3-6-16(23-18)25-21(28)26-17-13-31-20(24-17)14-8-9-22-19(11-14)29-2/h3,6-9,11,13,15H,4-5,10,12H2,1-2H3,(H2,23,25,26,28)/t15-/m0/s1. The number of anilines is 2. The van der Waals surface area contributed by atoms with Gasteiger partial charge < -0.3 is 14.4 Å². The van der Waals surface area contributed by atoms with Gasteiger partial charge in [0.1, 0.15) is 23.3 Å². The van der Waals surface area contributed by atoms with Gasteiger partial charge in [0.15, 0.2) is 0 Å². The molecule has 3 aromatic rings. The van der Waals surface area contributed by atoms with Crippen molar-refractivity contribution in [1.29, 1.82) is 0 Å². The molecule has 162 valence electrons. The molecule has 4 heterocycles. The summed E-state index contributed by atoms with van der Waals surface area (Å²) >= 11 is 1.41. The van der Waals surface area contributed by atoms with Crippen LogP contribution in [0.25, 0.3) is 10.6 Å². The fourth-order valence-corrected chi connectivity index (χ4v) is 4.07. The van der Waals surface area contributed by atoms with Crippen molar-refractivity contribution < 1.29 is 14.3 Å². The summed E-state index contributed by atoms with van der Waals surface area (Å²) in [7, 11) is 3.67. The highest BCUT2D eigenvalue weighted by molar-refractivity contribution is 7.13. The number of nitrogens with zero attached hydrogens (tertiary/aromatic N) is 4. The Hall–Kier alpha value is -3.24. The quantitative estimate of drug-likeness (QED) is 0.577. The van der Waals surface area contributed by atoms with Crippen LogP contribution in [0, 0.1) is 0 Å². The second-order valence-electron chi connectivity index (χ2n) is 7.15. The third-order valence-corrected chi connectivity index (χ3v) is 5.89. The number of aromatic nitrogens is 3. The van der Waals surface area contributed by atoms with E-state index in [0.29, 0.717) is 36.0 Å². The van der Waals surface area contributed by atoms with Gasteiger partial charge in [-0.05, 0) is 38.6 Å². The van der Waals surface area contributed by atoms with E-state index in [9.17, 15) is 4.79 Å². The molecule has 0 unspecified atom stereocenters. The average Bonchev–Trinajstić information content (AvgIpc) is 3.41. The number of nitrogens with one attached hydrogen (secondary N) is 2. The summed E-state index contributed by atoms with van der Waals surface area (Å²) in [6, 6.07) is 8.90. The molecule has 2 N–H and O–H groups in total. The second kappa shape index (κ2) is 9.71. The Bertz CT molecular complexity index is 1040. The molecule has 0 aromatic carbocycles. The first-order valence-electron chi connectivity index (χ1n) is 9.95. The molecule has 3 aromatic heterocycles. The van der Waals surface area contributed by atoms with Crippen molar-refractivity contribution in [3.8, 4) is 22.3 Å². The third kappa shape index (κ3) is 5.47. The lowest BCUT2D eigenvalue weighted by atomic mass is 10.2. The van der Waals surface area contributed by atoms with Gasteiger partial charge in [0.05, 0.1) is 7.11 Å². The van der Waals surface area contributed by atoms with Gasteiger partial charge in [-0.15, -0.1) is 11.3 Å². The van der Waals surface area contributed by atoms with Gasteiger partial charge in [-0.2, -0.15) is 4.98 Å². The zero-order chi connectivity index (χ0) is 21.6. The van der Waals surface area contributed by atoms with E-state index in [2.05, 4.69) is 37.5 Å². The zero-order valence-corrected chi connectivity index (χ0v) is 18.2.